The van der Waals surface area contributed by atoms with Gasteiger partial charge in [0.1, 0.15) is 5.82 Å². The number of aromatic nitrogens is 1. The number of nitrogens with one attached hydrogen (secondary N) is 2. The van der Waals surface area contributed by atoms with E-state index < -0.39 is 21.7 Å². The SMILES string of the molecule is Cc1nc2ccc(NC(=O)c3ccccc3NS(=O)(=O)c3ccc(F)cc3)cc2s1. The molecule has 152 valence electrons. The summed E-state index contributed by atoms with van der Waals surface area (Å²) in [5, 5.41) is 3.71. The number of para-hydroxylation sites is 1. The number of benzene rings is 3. The minimum atomic E-state index is -3.99. The number of aryl methyl sites for hydroxylation is 1. The fourth-order valence-electron chi connectivity index (χ4n) is 2.90. The molecule has 9 heteroatoms. The van der Waals surface area contributed by atoms with Crippen LogP contribution >= 0.6 is 11.3 Å². The van der Waals surface area contributed by atoms with E-state index >= 15 is 0 Å². The number of hydrogen-bond donors (Lipinski definition) is 2. The molecule has 0 atom stereocenters. The van der Waals surface area contributed by atoms with Crippen LogP contribution in [0.2, 0.25) is 0 Å². The van der Waals surface area contributed by atoms with Crippen LogP contribution in [0.5, 0.6) is 0 Å². The fraction of sp³-hybridized carbons (Fsp3) is 0.0476. The minimum absolute atomic E-state index is 0.106. The van der Waals surface area contributed by atoms with Crippen molar-refractivity contribution in [1.29, 1.82) is 0 Å². The van der Waals surface area contributed by atoms with E-state index in [0.717, 1.165) is 39.5 Å². The van der Waals surface area contributed by atoms with Gasteiger partial charge in [-0.25, -0.2) is 17.8 Å². The van der Waals surface area contributed by atoms with E-state index in [1.54, 1.807) is 18.2 Å². The van der Waals surface area contributed by atoms with Gasteiger partial charge in [0, 0.05) is 5.69 Å². The number of sulfonamides is 1. The van der Waals surface area contributed by atoms with Gasteiger partial charge in [0.25, 0.3) is 15.9 Å². The highest BCUT2D eigenvalue weighted by atomic mass is 32.2. The zero-order valence-electron chi connectivity index (χ0n) is 15.7. The van der Waals surface area contributed by atoms with E-state index in [2.05, 4.69) is 15.0 Å². The summed E-state index contributed by atoms with van der Waals surface area (Å²) >= 11 is 1.52. The molecule has 0 aliphatic carbocycles. The summed E-state index contributed by atoms with van der Waals surface area (Å²) in [7, 11) is -3.99. The number of thiazole rings is 1. The van der Waals surface area contributed by atoms with E-state index in [9.17, 15) is 17.6 Å². The molecule has 30 heavy (non-hydrogen) atoms. The summed E-state index contributed by atoms with van der Waals surface area (Å²) in [6.45, 7) is 1.91. The number of carbonyl (C=O) groups is 1. The van der Waals surface area contributed by atoms with E-state index in [1.807, 2.05) is 19.1 Å². The van der Waals surface area contributed by atoms with Crippen molar-refractivity contribution in [1.82, 2.24) is 4.98 Å². The van der Waals surface area contributed by atoms with Gasteiger partial charge in [0.2, 0.25) is 0 Å². The van der Waals surface area contributed by atoms with Gasteiger partial charge >= 0.3 is 0 Å². The van der Waals surface area contributed by atoms with Crippen LogP contribution in [0.15, 0.2) is 71.6 Å². The lowest BCUT2D eigenvalue weighted by Gasteiger charge is -2.13. The molecule has 4 aromatic rings. The molecule has 0 radical (unpaired) electrons. The summed E-state index contributed by atoms with van der Waals surface area (Å²) in [5.41, 5.74) is 1.70. The smallest absolute Gasteiger partial charge is 0.261 e. The van der Waals surface area contributed by atoms with Crippen LogP contribution in [0, 0.1) is 12.7 Å². The lowest BCUT2D eigenvalue weighted by atomic mass is 10.1. The Balaban J connectivity index is 1.60. The fourth-order valence-corrected chi connectivity index (χ4v) is 4.85. The first-order valence-electron chi connectivity index (χ1n) is 8.88. The van der Waals surface area contributed by atoms with Crippen LogP contribution in [0.1, 0.15) is 15.4 Å². The zero-order valence-corrected chi connectivity index (χ0v) is 17.4. The summed E-state index contributed by atoms with van der Waals surface area (Å²) in [5.74, 6) is -1.00. The molecule has 0 fully saturated rings. The zero-order chi connectivity index (χ0) is 21.3. The Morgan fingerprint density at radius 3 is 2.53 bits per heavy atom. The van der Waals surface area contributed by atoms with E-state index in [4.69, 9.17) is 0 Å². The highest BCUT2D eigenvalue weighted by Gasteiger charge is 2.19. The molecule has 3 aromatic carbocycles. The molecule has 1 amide bonds. The average Bonchev–Trinajstić information content (AvgIpc) is 3.07. The van der Waals surface area contributed by atoms with Crippen molar-refractivity contribution in [2.24, 2.45) is 0 Å². The molecule has 4 rings (SSSR count). The largest absolute Gasteiger partial charge is 0.322 e. The number of anilines is 2. The third kappa shape index (κ3) is 4.17. The Hall–Kier alpha value is -3.30. The normalized spacial score (nSPS) is 11.4. The van der Waals surface area contributed by atoms with Gasteiger partial charge in [0.15, 0.2) is 0 Å². The van der Waals surface area contributed by atoms with Crippen molar-refractivity contribution in [3.63, 3.8) is 0 Å². The van der Waals surface area contributed by atoms with E-state index in [-0.39, 0.29) is 16.1 Å². The van der Waals surface area contributed by atoms with Crippen molar-refractivity contribution in [2.75, 3.05) is 10.0 Å². The summed E-state index contributed by atoms with van der Waals surface area (Å²) in [6, 6.07) is 16.1. The van der Waals surface area contributed by atoms with Gasteiger partial charge < -0.3 is 5.32 Å². The third-order valence-electron chi connectivity index (χ3n) is 4.29. The Labute approximate surface area is 176 Å². The first-order chi connectivity index (χ1) is 14.3. The van der Waals surface area contributed by atoms with Crippen molar-refractivity contribution in [3.8, 4) is 0 Å². The molecular formula is C21H16FN3O3S2. The second kappa shape index (κ2) is 7.85. The van der Waals surface area contributed by atoms with E-state index in [1.165, 1.54) is 23.5 Å². The minimum Gasteiger partial charge on any atom is -0.322 e. The number of halogens is 1. The third-order valence-corrected chi connectivity index (χ3v) is 6.61. The summed E-state index contributed by atoms with van der Waals surface area (Å²) in [4.78, 5) is 17.1. The molecular weight excluding hydrogens is 425 g/mol. The van der Waals surface area contributed by atoms with E-state index in [0.29, 0.717) is 5.69 Å². The standard InChI is InChI=1S/C21H16FN3O3S2/c1-13-23-19-11-8-15(12-20(19)29-13)24-21(26)17-4-2-3-5-18(17)25-30(27,28)16-9-6-14(22)7-10-16/h2-12,25H,1H3,(H,24,26). The van der Waals surface area contributed by atoms with Crippen molar-refractivity contribution >= 4 is 48.9 Å². The van der Waals surface area contributed by atoms with Crippen LogP contribution < -0.4 is 10.0 Å². The van der Waals surface area contributed by atoms with Crippen molar-refractivity contribution in [3.05, 3.63) is 83.1 Å². The topological polar surface area (TPSA) is 88.2 Å². The number of fused-ring (bicyclic) bond motifs is 1. The maximum absolute atomic E-state index is 13.1. The van der Waals surface area contributed by atoms with Crippen molar-refractivity contribution in [2.45, 2.75) is 11.8 Å². The Morgan fingerprint density at radius 1 is 1.03 bits per heavy atom. The van der Waals surface area contributed by atoms with Gasteiger partial charge in [-0.05, 0) is 61.5 Å². The quantitative estimate of drug-likeness (QED) is 0.466. The van der Waals surface area contributed by atoms with Crippen molar-refractivity contribution < 1.29 is 17.6 Å². The molecule has 2 N–H and O–H groups in total. The first kappa shape index (κ1) is 20.0. The van der Waals surface area contributed by atoms with Gasteiger partial charge in [-0.15, -0.1) is 11.3 Å². The van der Waals surface area contributed by atoms with Crippen LogP contribution in [0.25, 0.3) is 10.2 Å². The molecule has 1 heterocycles. The monoisotopic (exact) mass is 441 g/mol. The number of hydrogen-bond acceptors (Lipinski definition) is 5. The van der Waals surface area contributed by atoms with Crippen LogP contribution in [0.4, 0.5) is 15.8 Å². The Morgan fingerprint density at radius 2 is 1.77 bits per heavy atom. The van der Waals surface area contributed by atoms with Gasteiger partial charge in [-0.2, -0.15) is 0 Å². The molecule has 0 saturated carbocycles. The van der Waals surface area contributed by atoms with Gasteiger partial charge in [0.05, 0.1) is 31.4 Å². The highest BCUT2D eigenvalue weighted by molar-refractivity contribution is 7.92. The lowest BCUT2D eigenvalue weighted by Crippen LogP contribution is -2.18. The second-order valence-electron chi connectivity index (χ2n) is 6.47. The Bertz CT molecular complexity index is 1350. The molecule has 0 aliphatic rings. The predicted molar refractivity (Wildman–Crippen MR) is 116 cm³/mol. The molecule has 0 spiro atoms. The van der Waals surface area contributed by atoms with Crippen LogP contribution in [-0.4, -0.2) is 19.3 Å². The van der Waals surface area contributed by atoms with Gasteiger partial charge in [-0.1, -0.05) is 12.1 Å². The maximum Gasteiger partial charge on any atom is 0.261 e. The average molecular weight is 442 g/mol. The molecule has 1 aromatic heterocycles. The maximum atomic E-state index is 13.1. The molecule has 0 bridgehead atoms. The molecule has 0 saturated heterocycles. The Kier molecular flexibility index (Phi) is 5.23. The number of carbonyl (C=O) groups excluding carboxylic acids is 1. The lowest BCUT2D eigenvalue weighted by molar-refractivity contribution is 0.102. The molecule has 0 aliphatic heterocycles. The second-order valence-corrected chi connectivity index (χ2v) is 9.39. The molecule has 6 nitrogen and oxygen atoms in total. The summed E-state index contributed by atoms with van der Waals surface area (Å²) in [6.07, 6.45) is 0. The first-order valence-corrected chi connectivity index (χ1v) is 11.2. The van der Waals surface area contributed by atoms with Crippen LogP contribution in [-0.2, 0) is 10.0 Å². The number of amides is 1. The van der Waals surface area contributed by atoms with Gasteiger partial charge in [-0.3, -0.25) is 9.52 Å². The number of nitrogens with zero attached hydrogens (tertiary/aromatic N) is 1. The highest BCUT2D eigenvalue weighted by Crippen LogP contribution is 2.26. The molecule has 0 unspecified atom stereocenters. The van der Waals surface area contributed by atoms with Crippen LogP contribution in [0.3, 0.4) is 0 Å². The predicted octanol–water partition coefficient (Wildman–Crippen LogP) is 4.80. The summed E-state index contributed by atoms with van der Waals surface area (Å²) < 4.78 is 41.7. The number of rotatable bonds is 5.